The van der Waals surface area contributed by atoms with Crippen molar-refractivity contribution in [3.8, 4) is 23.4 Å². The molecule has 1 amide bonds. The Balaban J connectivity index is 1.72. The van der Waals surface area contributed by atoms with Gasteiger partial charge in [-0.15, -0.1) is 0 Å². The molecule has 3 rings (SSSR count). The number of halogens is 3. The highest BCUT2D eigenvalue weighted by Gasteiger charge is 2.22. The molecule has 0 aliphatic carbocycles. The molecule has 0 atom stereocenters. The smallest absolute Gasteiger partial charge is 0.323 e. The molecular weight excluding hydrogens is 534 g/mol. The van der Waals surface area contributed by atoms with Gasteiger partial charge in [0.05, 0.1) is 40.7 Å². The number of nitrogens with zero attached hydrogens (tertiary/aromatic N) is 2. The summed E-state index contributed by atoms with van der Waals surface area (Å²) in [5.74, 6) is -1.91. The number of pyridine rings is 1. The van der Waals surface area contributed by atoms with Crippen molar-refractivity contribution in [2.45, 2.75) is 13.8 Å². The zero-order valence-corrected chi connectivity index (χ0v) is 21.2. The Labute approximate surface area is 217 Å². The van der Waals surface area contributed by atoms with Gasteiger partial charge in [0.2, 0.25) is 5.88 Å². The number of hydrogen-bond donors (Lipinski definition) is 2. The Morgan fingerprint density at radius 1 is 1.17 bits per heavy atom. The number of benzene rings is 2. The molecule has 13 heteroatoms. The van der Waals surface area contributed by atoms with Crippen molar-refractivity contribution >= 4 is 45.0 Å². The standard InChI is InChI=1S/C23H19Cl2FN4O5S/c1-13(2)12-34-23-19(25)7-16(11-28-23)35-21-9-20(26)17(8-18(21)24)22(31)30-36(32,33)29-15-5-3-14(10-27)4-6-15/h3-9,11,13,29H,12H2,1-2H3,(H,30,31). The van der Waals surface area contributed by atoms with Crippen LogP contribution in [0.25, 0.3) is 0 Å². The van der Waals surface area contributed by atoms with Crippen LogP contribution < -0.4 is 18.9 Å². The zero-order valence-electron chi connectivity index (χ0n) is 18.9. The number of hydrogen-bond acceptors (Lipinski definition) is 7. The first-order valence-corrected chi connectivity index (χ1v) is 12.5. The van der Waals surface area contributed by atoms with E-state index in [4.69, 9.17) is 37.9 Å². The molecule has 0 saturated carbocycles. The number of carbonyl (C=O) groups is 1. The Morgan fingerprint density at radius 2 is 1.86 bits per heavy atom. The van der Waals surface area contributed by atoms with E-state index in [9.17, 15) is 17.6 Å². The van der Waals surface area contributed by atoms with Crippen molar-refractivity contribution in [1.82, 2.24) is 9.71 Å². The minimum absolute atomic E-state index is 0.0875. The second-order valence-corrected chi connectivity index (χ2v) is 9.98. The molecule has 0 unspecified atom stereocenters. The van der Waals surface area contributed by atoms with Gasteiger partial charge in [-0.1, -0.05) is 37.0 Å². The Morgan fingerprint density at radius 3 is 2.47 bits per heavy atom. The molecule has 0 radical (unpaired) electrons. The molecule has 0 saturated heterocycles. The van der Waals surface area contributed by atoms with Crippen molar-refractivity contribution < 1.29 is 27.1 Å². The van der Waals surface area contributed by atoms with Crippen molar-refractivity contribution in [3.05, 3.63) is 75.7 Å². The van der Waals surface area contributed by atoms with E-state index in [2.05, 4.69) is 9.71 Å². The minimum atomic E-state index is -4.42. The minimum Gasteiger partial charge on any atom is -0.476 e. The maximum atomic E-state index is 14.7. The molecule has 1 aromatic heterocycles. The van der Waals surface area contributed by atoms with Gasteiger partial charge < -0.3 is 9.47 Å². The summed E-state index contributed by atoms with van der Waals surface area (Å²) in [7, 11) is -4.42. The second kappa shape index (κ2) is 11.4. The van der Waals surface area contributed by atoms with Gasteiger partial charge in [0.1, 0.15) is 22.3 Å². The fourth-order valence-corrected chi connectivity index (χ4v) is 3.96. The second-order valence-electron chi connectivity index (χ2n) is 7.75. The van der Waals surface area contributed by atoms with E-state index < -0.39 is 27.5 Å². The van der Waals surface area contributed by atoms with Gasteiger partial charge in [-0.2, -0.15) is 13.7 Å². The summed E-state index contributed by atoms with van der Waals surface area (Å²) < 4.78 is 54.0. The highest BCUT2D eigenvalue weighted by molar-refractivity contribution is 7.91. The number of nitrogens with one attached hydrogen (secondary N) is 2. The third-order valence-corrected chi connectivity index (χ3v) is 5.85. The first kappa shape index (κ1) is 27.0. The lowest BCUT2D eigenvalue weighted by Gasteiger charge is -2.13. The van der Waals surface area contributed by atoms with E-state index in [0.29, 0.717) is 12.2 Å². The number of amides is 1. The summed E-state index contributed by atoms with van der Waals surface area (Å²) in [6.45, 7) is 4.34. The van der Waals surface area contributed by atoms with Gasteiger partial charge in [-0.05, 0) is 36.2 Å². The zero-order chi connectivity index (χ0) is 26.5. The van der Waals surface area contributed by atoms with Crippen LogP contribution in [0.15, 0.2) is 48.7 Å². The van der Waals surface area contributed by atoms with Crippen molar-refractivity contribution in [1.29, 1.82) is 5.26 Å². The van der Waals surface area contributed by atoms with Crippen LogP contribution in [-0.4, -0.2) is 25.9 Å². The summed E-state index contributed by atoms with van der Waals surface area (Å²) >= 11 is 12.3. The maximum absolute atomic E-state index is 14.7. The lowest BCUT2D eigenvalue weighted by molar-refractivity contribution is 0.0977. The first-order chi connectivity index (χ1) is 17.0. The Hall–Kier alpha value is -3.59. The molecule has 0 fully saturated rings. The van der Waals surface area contributed by atoms with Crippen molar-refractivity contribution in [2.75, 3.05) is 11.3 Å². The van der Waals surface area contributed by atoms with Crippen molar-refractivity contribution in [3.63, 3.8) is 0 Å². The predicted octanol–water partition coefficient (Wildman–Crippen LogP) is 5.31. The van der Waals surface area contributed by atoms with Gasteiger partial charge in [-0.25, -0.2) is 14.1 Å². The number of carbonyl (C=O) groups excluding carboxylic acids is 1. The van der Waals surface area contributed by atoms with Crippen LogP contribution in [0.2, 0.25) is 10.0 Å². The summed E-state index contributed by atoms with van der Waals surface area (Å²) in [5.41, 5.74) is -0.231. The molecule has 3 aromatic rings. The van der Waals surface area contributed by atoms with Crippen LogP contribution in [0.5, 0.6) is 17.4 Å². The molecule has 0 aliphatic rings. The summed E-state index contributed by atoms with van der Waals surface area (Å²) in [5, 5.41) is 8.80. The molecule has 1 heterocycles. The topological polar surface area (TPSA) is 130 Å². The van der Waals surface area contributed by atoms with Gasteiger partial charge in [0.15, 0.2) is 0 Å². The fourth-order valence-electron chi connectivity index (χ4n) is 2.69. The van der Waals surface area contributed by atoms with E-state index in [1.807, 2.05) is 19.9 Å². The monoisotopic (exact) mass is 552 g/mol. The molecule has 9 nitrogen and oxygen atoms in total. The predicted molar refractivity (Wildman–Crippen MR) is 132 cm³/mol. The average Bonchev–Trinajstić information content (AvgIpc) is 2.80. The van der Waals surface area contributed by atoms with Crippen molar-refractivity contribution in [2.24, 2.45) is 5.92 Å². The molecular formula is C23H19Cl2FN4O5S. The normalized spacial score (nSPS) is 11.0. The fraction of sp³-hybridized carbons (Fsp3) is 0.174. The lowest BCUT2D eigenvalue weighted by atomic mass is 10.2. The molecule has 188 valence electrons. The Bertz CT molecular complexity index is 1430. The molecule has 36 heavy (non-hydrogen) atoms. The van der Waals surface area contributed by atoms with Gasteiger partial charge >= 0.3 is 10.2 Å². The van der Waals surface area contributed by atoms with Gasteiger partial charge in [0.25, 0.3) is 5.91 Å². The molecule has 0 aliphatic heterocycles. The van der Waals surface area contributed by atoms with Crippen LogP contribution in [0, 0.1) is 23.1 Å². The first-order valence-electron chi connectivity index (χ1n) is 10.3. The van der Waals surface area contributed by atoms with Crippen LogP contribution >= 0.6 is 23.2 Å². The van der Waals surface area contributed by atoms with Gasteiger partial charge in [0, 0.05) is 12.1 Å². The highest BCUT2D eigenvalue weighted by Crippen LogP contribution is 2.34. The third-order valence-electron chi connectivity index (χ3n) is 4.32. The number of ether oxygens (including phenoxy) is 2. The molecule has 0 bridgehead atoms. The van der Waals surface area contributed by atoms with E-state index in [1.165, 1.54) is 36.5 Å². The average molecular weight is 553 g/mol. The Kier molecular flexibility index (Phi) is 8.57. The number of nitriles is 1. The maximum Gasteiger partial charge on any atom is 0.323 e. The molecule has 2 N–H and O–H groups in total. The molecule has 2 aromatic carbocycles. The number of aromatic nitrogens is 1. The van der Waals surface area contributed by atoms with E-state index in [-0.39, 0.29) is 39.0 Å². The van der Waals surface area contributed by atoms with Crippen LogP contribution in [0.4, 0.5) is 10.1 Å². The van der Waals surface area contributed by atoms with E-state index in [0.717, 1.165) is 12.1 Å². The number of anilines is 1. The van der Waals surface area contributed by atoms with Crippen LogP contribution in [0.1, 0.15) is 29.8 Å². The van der Waals surface area contributed by atoms with Gasteiger partial charge in [-0.3, -0.25) is 9.52 Å². The quantitative estimate of drug-likeness (QED) is 0.367. The largest absolute Gasteiger partial charge is 0.476 e. The van der Waals surface area contributed by atoms with Crippen LogP contribution in [-0.2, 0) is 10.2 Å². The number of rotatable bonds is 9. The summed E-state index contributed by atoms with van der Waals surface area (Å²) in [6, 6.07) is 10.5. The van der Waals surface area contributed by atoms with Crippen LogP contribution in [0.3, 0.4) is 0 Å². The van der Waals surface area contributed by atoms with E-state index in [1.54, 1.807) is 4.72 Å². The highest BCUT2D eigenvalue weighted by atomic mass is 35.5. The SMILES string of the molecule is CC(C)COc1ncc(Oc2cc(F)c(C(=O)NS(=O)(=O)Nc3ccc(C#N)cc3)cc2Cl)cc1Cl. The third kappa shape index (κ3) is 7.21. The summed E-state index contributed by atoms with van der Waals surface area (Å²) in [6.07, 6.45) is 1.30. The molecule has 0 spiro atoms. The summed E-state index contributed by atoms with van der Waals surface area (Å²) in [4.78, 5) is 16.5. The van der Waals surface area contributed by atoms with E-state index >= 15 is 0 Å². The lowest BCUT2D eigenvalue weighted by Crippen LogP contribution is -2.35.